The Morgan fingerprint density at radius 3 is 2.95 bits per heavy atom. The number of fused-ring (bicyclic) bond motifs is 1. The second-order valence-electron chi connectivity index (χ2n) is 5.16. The average Bonchev–Trinajstić information content (AvgIpc) is 2.91. The fraction of sp³-hybridized carbons (Fsp3) is 0.235. The maximum atomic E-state index is 12.2. The van der Waals surface area contributed by atoms with Gasteiger partial charge in [0.15, 0.2) is 0 Å². The molecular formula is C17H17NO3. The summed E-state index contributed by atoms with van der Waals surface area (Å²) >= 11 is 0. The summed E-state index contributed by atoms with van der Waals surface area (Å²) in [6.45, 7) is 2.67. The largest absolute Gasteiger partial charge is 0.493 e. The number of nitrogen functional groups attached to an aromatic ring is 1. The van der Waals surface area contributed by atoms with Crippen molar-refractivity contribution < 1.29 is 14.3 Å². The zero-order chi connectivity index (χ0) is 14.8. The van der Waals surface area contributed by atoms with E-state index >= 15 is 0 Å². The van der Waals surface area contributed by atoms with Crippen LogP contribution in [-0.4, -0.2) is 19.2 Å². The smallest absolute Gasteiger partial charge is 0.338 e. The monoisotopic (exact) mass is 283 g/mol. The second kappa shape index (κ2) is 5.48. The summed E-state index contributed by atoms with van der Waals surface area (Å²) in [6.07, 6.45) is 0. The molecule has 0 amide bonds. The second-order valence-corrected chi connectivity index (χ2v) is 5.16. The lowest BCUT2D eigenvalue weighted by atomic mass is 10.0. The minimum absolute atomic E-state index is 0.0894. The van der Waals surface area contributed by atoms with Gasteiger partial charge in [0, 0.05) is 11.3 Å². The van der Waals surface area contributed by atoms with Gasteiger partial charge >= 0.3 is 5.97 Å². The van der Waals surface area contributed by atoms with Crippen LogP contribution in [0.1, 0.15) is 27.4 Å². The molecule has 21 heavy (non-hydrogen) atoms. The van der Waals surface area contributed by atoms with E-state index in [9.17, 15) is 4.79 Å². The molecule has 1 heterocycles. The predicted molar refractivity (Wildman–Crippen MR) is 80.6 cm³/mol. The molecule has 0 saturated carbocycles. The summed E-state index contributed by atoms with van der Waals surface area (Å²) in [5, 5.41) is 0. The van der Waals surface area contributed by atoms with Gasteiger partial charge in [0.05, 0.1) is 18.1 Å². The first kappa shape index (κ1) is 13.5. The minimum Gasteiger partial charge on any atom is -0.493 e. The van der Waals surface area contributed by atoms with Gasteiger partial charge in [-0.05, 0) is 30.7 Å². The van der Waals surface area contributed by atoms with Crippen LogP contribution in [0.5, 0.6) is 5.75 Å². The number of ether oxygens (including phenoxy) is 2. The first-order chi connectivity index (χ1) is 10.2. The van der Waals surface area contributed by atoms with Crippen LogP contribution in [0.2, 0.25) is 0 Å². The zero-order valence-electron chi connectivity index (χ0n) is 11.8. The van der Waals surface area contributed by atoms with E-state index in [0.29, 0.717) is 24.5 Å². The number of hydrogen-bond acceptors (Lipinski definition) is 4. The van der Waals surface area contributed by atoms with Crippen molar-refractivity contribution in [3.8, 4) is 5.75 Å². The predicted octanol–water partition coefficient (Wildman–Crippen LogP) is 2.91. The third kappa shape index (κ3) is 2.57. The highest BCUT2D eigenvalue weighted by Crippen LogP contribution is 2.33. The molecule has 1 atom stereocenters. The molecule has 2 aromatic rings. The van der Waals surface area contributed by atoms with Gasteiger partial charge in [-0.15, -0.1) is 0 Å². The molecule has 4 heteroatoms. The highest BCUT2D eigenvalue weighted by molar-refractivity contribution is 5.92. The van der Waals surface area contributed by atoms with Crippen molar-refractivity contribution in [3.05, 3.63) is 59.2 Å². The molecule has 2 aromatic carbocycles. The van der Waals surface area contributed by atoms with Crippen LogP contribution >= 0.6 is 0 Å². The molecule has 1 unspecified atom stereocenters. The number of para-hydroxylation sites is 1. The molecule has 0 spiro atoms. The standard InChI is InChI=1S/C17H17NO3/c1-11-13(6-4-7-15(11)18)17(19)21-10-12-9-20-16-8-3-2-5-14(12)16/h2-8,12H,9-10,18H2,1H3. The molecule has 0 bridgehead atoms. The van der Waals surface area contributed by atoms with Gasteiger partial charge in [0.25, 0.3) is 0 Å². The Labute approximate surface area is 123 Å². The van der Waals surface area contributed by atoms with Gasteiger partial charge in [-0.1, -0.05) is 24.3 Å². The van der Waals surface area contributed by atoms with Crippen LogP contribution in [-0.2, 0) is 4.74 Å². The van der Waals surface area contributed by atoms with E-state index in [4.69, 9.17) is 15.2 Å². The van der Waals surface area contributed by atoms with Gasteiger partial charge in [-0.3, -0.25) is 0 Å². The summed E-state index contributed by atoms with van der Waals surface area (Å²) in [5.41, 5.74) is 8.77. The number of anilines is 1. The molecule has 0 fully saturated rings. The van der Waals surface area contributed by atoms with E-state index in [0.717, 1.165) is 16.9 Å². The third-order valence-corrected chi connectivity index (χ3v) is 3.81. The van der Waals surface area contributed by atoms with E-state index in [1.165, 1.54) is 0 Å². The van der Waals surface area contributed by atoms with Crippen LogP contribution in [0.4, 0.5) is 5.69 Å². The molecule has 2 N–H and O–H groups in total. The Bertz CT molecular complexity index is 681. The highest BCUT2D eigenvalue weighted by Gasteiger charge is 2.25. The fourth-order valence-electron chi connectivity index (χ4n) is 2.50. The summed E-state index contributed by atoms with van der Waals surface area (Å²) in [4.78, 5) is 12.2. The third-order valence-electron chi connectivity index (χ3n) is 3.81. The molecule has 0 aliphatic carbocycles. The van der Waals surface area contributed by atoms with Crippen molar-refractivity contribution in [1.82, 2.24) is 0 Å². The molecule has 108 valence electrons. The quantitative estimate of drug-likeness (QED) is 0.695. The SMILES string of the molecule is Cc1c(N)cccc1C(=O)OCC1COc2ccccc21. The Balaban J connectivity index is 1.69. The summed E-state index contributed by atoms with van der Waals surface area (Å²) < 4.78 is 11.0. The van der Waals surface area contributed by atoms with Gasteiger partial charge in [-0.25, -0.2) is 4.79 Å². The fourth-order valence-corrected chi connectivity index (χ4v) is 2.50. The van der Waals surface area contributed by atoms with E-state index in [1.807, 2.05) is 31.2 Å². The Kier molecular flexibility index (Phi) is 3.52. The minimum atomic E-state index is -0.343. The number of hydrogen-bond donors (Lipinski definition) is 1. The van der Waals surface area contributed by atoms with Crippen molar-refractivity contribution in [3.63, 3.8) is 0 Å². The Morgan fingerprint density at radius 1 is 1.29 bits per heavy atom. The summed E-state index contributed by atoms with van der Waals surface area (Å²) in [5.74, 6) is 0.620. The lowest BCUT2D eigenvalue weighted by Gasteiger charge is -2.12. The molecule has 0 aromatic heterocycles. The molecule has 1 aliphatic rings. The van der Waals surface area contributed by atoms with Gasteiger partial charge in [-0.2, -0.15) is 0 Å². The summed E-state index contributed by atoms with van der Waals surface area (Å²) in [7, 11) is 0. The molecule has 1 aliphatic heterocycles. The molecule has 4 nitrogen and oxygen atoms in total. The van der Waals surface area contributed by atoms with Crippen LogP contribution in [0.25, 0.3) is 0 Å². The Hall–Kier alpha value is -2.49. The van der Waals surface area contributed by atoms with E-state index in [-0.39, 0.29) is 11.9 Å². The Morgan fingerprint density at radius 2 is 2.10 bits per heavy atom. The van der Waals surface area contributed by atoms with E-state index < -0.39 is 0 Å². The van der Waals surface area contributed by atoms with Gasteiger partial charge < -0.3 is 15.2 Å². The van der Waals surface area contributed by atoms with Crippen LogP contribution in [0.3, 0.4) is 0 Å². The van der Waals surface area contributed by atoms with Crippen molar-refractivity contribution >= 4 is 11.7 Å². The number of nitrogens with two attached hydrogens (primary N) is 1. The summed E-state index contributed by atoms with van der Waals surface area (Å²) in [6, 6.07) is 13.1. The normalized spacial score (nSPS) is 16.1. The van der Waals surface area contributed by atoms with Crippen molar-refractivity contribution in [2.45, 2.75) is 12.8 Å². The maximum absolute atomic E-state index is 12.2. The number of esters is 1. The van der Waals surface area contributed by atoms with Gasteiger partial charge in [0.1, 0.15) is 12.4 Å². The maximum Gasteiger partial charge on any atom is 0.338 e. The first-order valence-corrected chi connectivity index (χ1v) is 6.90. The van der Waals surface area contributed by atoms with E-state index in [1.54, 1.807) is 18.2 Å². The lowest BCUT2D eigenvalue weighted by molar-refractivity contribution is 0.0470. The molecule has 3 rings (SSSR count). The topological polar surface area (TPSA) is 61.6 Å². The number of carbonyl (C=O) groups is 1. The van der Waals surface area contributed by atoms with Crippen LogP contribution < -0.4 is 10.5 Å². The number of benzene rings is 2. The number of carbonyl (C=O) groups excluding carboxylic acids is 1. The molecule has 0 saturated heterocycles. The highest BCUT2D eigenvalue weighted by atomic mass is 16.5. The lowest BCUT2D eigenvalue weighted by Crippen LogP contribution is -2.15. The van der Waals surface area contributed by atoms with Crippen molar-refractivity contribution in [2.24, 2.45) is 0 Å². The van der Waals surface area contributed by atoms with Crippen molar-refractivity contribution in [2.75, 3.05) is 18.9 Å². The first-order valence-electron chi connectivity index (χ1n) is 6.90. The number of rotatable bonds is 3. The van der Waals surface area contributed by atoms with Gasteiger partial charge in [0.2, 0.25) is 0 Å². The van der Waals surface area contributed by atoms with E-state index in [2.05, 4.69) is 0 Å². The average molecular weight is 283 g/mol. The van der Waals surface area contributed by atoms with Crippen molar-refractivity contribution in [1.29, 1.82) is 0 Å². The molecular weight excluding hydrogens is 266 g/mol. The molecule has 0 radical (unpaired) electrons. The zero-order valence-corrected chi connectivity index (χ0v) is 11.8. The van der Waals surface area contributed by atoms with Crippen LogP contribution in [0, 0.1) is 6.92 Å². The van der Waals surface area contributed by atoms with Crippen LogP contribution in [0.15, 0.2) is 42.5 Å².